The predicted octanol–water partition coefficient (Wildman–Crippen LogP) is 2.03. The second kappa shape index (κ2) is 5.31. The lowest BCUT2D eigenvalue weighted by molar-refractivity contribution is 0.0945. The molecule has 0 saturated carbocycles. The van der Waals surface area contributed by atoms with Gasteiger partial charge in [0.25, 0.3) is 5.91 Å². The third-order valence-corrected chi connectivity index (χ3v) is 2.66. The minimum atomic E-state index is -0.239. The number of amides is 1. The van der Waals surface area contributed by atoms with Gasteiger partial charge in [-0.3, -0.25) is 9.78 Å². The summed E-state index contributed by atoms with van der Waals surface area (Å²) >= 11 is 0. The van der Waals surface area contributed by atoms with Crippen molar-refractivity contribution in [2.75, 3.05) is 0 Å². The third-order valence-electron chi connectivity index (χ3n) is 2.66. The number of phenolic OH excluding ortho intramolecular Hbond substituents is 1. The molecule has 0 unspecified atom stereocenters. The average molecular weight is 242 g/mol. The Balaban J connectivity index is 2.06. The van der Waals surface area contributed by atoms with Crippen molar-refractivity contribution in [2.24, 2.45) is 0 Å². The van der Waals surface area contributed by atoms with Crippen molar-refractivity contribution in [3.8, 4) is 5.75 Å². The molecule has 92 valence electrons. The van der Waals surface area contributed by atoms with Crippen LogP contribution >= 0.6 is 0 Å². The minimum absolute atomic E-state index is 0.176. The van der Waals surface area contributed by atoms with E-state index in [1.54, 1.807) is 30.5 Å². The highest BCUT2D eigenvalue weighted by Gasteiger charge is 2.10. The van der Waals surface area contributed by atoms with E-state index in [0.717, 1.165) is 5.56 Å². The van der Waals surface area contributed by atoms with Gasteiger partial charge in [-0.05, 0) is 24.6 Å². The van der Waals surface area contributed by atoms with E-state index < -0.39 is 0 Å². The highest BCUT2D eigenvalue weighted by Crippen LogP contribution is 2.15. The summed E-state index contributed by atoms with van der Waals surface area (Å²) in [6.45, 7) is 2.11. The van der Waals surface area contributed by atoms with Crippen LogP contribution in [0.1, 0.15) is 21.6 Å². The number of benzene rings is 1. The Labute approximate surface area is 105 Å². The number of aromatic hydroxyl groups is 1. The lowest BCUT2D eigenvalue weighted by atomic mass is 10.2. The molecule has 18 heavy (non-hydrogen) atoms. The first-order valence-corrected chi connectivity index (χ1v) is 5.65. The molecule has 0 bridgehead atoms. The first-order valence-electron chi connectivity index (χ1n) is 5.65. The summed E-state index contributed by atoms with van der Waals surface area (Å²) in [6, 6.07) is 10.5. The van der Waals surface area contributed by atoms with Gasteiger partial charge in [-0.1, -0.05) is 24.3 Å². The van der Waals surface area contributed by atoms with Gasteiger partial charge in [-0.25, -0.2) is 0 Å². The zero-order valence-electron chi connectivity index (χ0n) is 10.1. The van der Waals surface area contributed by atoms with E-state index >= 15 is 0 Å². The topological polar surface area (TPSA) is 62.2 Å². The molecule has 2 aromatic rings. The van der Waals surface area contributed by atoms with Crippen LogP contribution in [0, 0.1) is 6.92 Å². The quantitative estimate of drug-likeness (QED) is 0.865. The Hall–Kier alpha value is -2.36. The van der Waals surface area contributed by atoms with E-state index in [9.17, 15) is 9.90 Å². The van der Waals surface area contributed by atoms with Gasteiger partial charge in [-0.2, -0.15) is 0 Å². The summed E-state index contributed by atoms with van der Waals surface area (Å²) in [5.74, 6) is -0.0631. The monoisotopic (exact) mass is 242 g/mol. The summed E-state index contributed by atoms with van der Waals surface area (Å²) in [6.07, 6.45) is 1.59. The van der Waals surface area contributed by atoms with Crippen molar-refractivity contribution in [3.63, 3.8) is 0 Å². The van der Waals surface area contributed by atoms with E-state index in [-0.39, 0.29) is 18.2 Å². The van der Waals surface area contributed by atoms with Crippen LogP contribution < -0.4 is 5.32 Å². The number of aryl methyl sites for hydroxylation is 1. The maximum absolute atomic E-state index is 11.9. The van der Waals surface area contributed by atoms with Gasteiger partial charge in [-0.15, -0.1) is 0 Å². The molecule has 0 aliphatic heterocycles. The van der Waals surface area contributed by atoms with E-state index in [2.05, 4.69) is 10.3 Å². The Morgan fingerprint density at radius 1 is 1.28 bits per heavy atom. The number of nitrogens with zero attached hydrogens (tertiary/aromatic N) is 1. The smallest absolute Gasteiger partial charge is 0.270 e. The largest absolute Gasteiger partial charge is 0.508 e. The molecule has 0 spiro atoms. The van der Waals surface area contributed by atoms with Crippen molar-refractivity contribution < 1.29 is 9.90 Å². The van der Waals surface area contributed by atoms with Gasteiger partial charge in [0.15, 0.2) is 0 Å². The Morgan fingerprint density at radius 2 is 2.06 bits per heavy atom. The van der Waals surface area contributed by atoms with E-state index in [0.29, 0.717) is 11.3 Å². The van der Waals surface area contributed by atoms with Crippen molar-refractivity contribution in [3.05, 3.63) is 59.4 Å². The molecule has 1 heterocycles. The van der Waals surface area contributed by atoms with Crippen LogP contribution in [0.4, 0.5) is 0 Å². The molecule has 1 aromatic heterocycles. The number of carbonyl (C=O) groups excluding carboxylic acids is 1. The third kappa shape index (κ3) is 2.66. The summed E-state index contributed by atoms with van der Waals surface area (Å²) in [5.41, 5.74) is 1.92. The number of phenols is 1. The number of hydrogen-bond acceptors (Lipinski definition) is 3. The van der Waals surface area contributed by atoms with Crippen LogP contribution in [0.2, 0.25) is 0 Å². The fourth-order valence-electron chi connectivity index (χ4n) is 1.64. The molecule has 0 aliphatic rings. The molecule has 1 aromatic carbocycles. The second-order valence-electron chi connectivity index (χ2n) is 3.98. The number of carbonyl (C=O) groups is 1. The maximum atomic E-state index is 11.9. The van der Waals surface area contributed by atoms with Crippen LogP contribution in [0.15, 0.2) is 42.6 Å². The van der Waals surface area contributed by atoms with Gasteiger partial charge in [0, 0.05) is 18.3 Å². The van der Waals surface area contributed by atoms with Crippen LogP contribution in [0.5, 0.6) is 5.75 Å². The predicted molar refractivity (Wildman–Crippen MR) is 68.3 cm³/mol. The van der Waals surface area contributed by atoms with Gasteiger partial charge >= 0.3 is 0 Å². The van der Waals surface area contributed by atoms with Gasteiger partial charge < -0.3 is 10.4 Å². The standard InChI is InChI=1S/C14H14N2O2/c1-10-5-4-8-15-13(10)14(18)16-9-11-6-2-3-7-12(11)17/h2-8,17H,9H2,1H3,(H,16,18). The maximum Gasteiger partial charge on any atom is 0.270 e. The summed E-state index contributed by atoms with van der Waals surface area (Å²) in [7, 11) is 0. The van der Waals surface area contributed by atoms with Crippen molar-refractivity contribution in [2.45, 2.75) is 13.5 Å². The number of nitrogens with one attached hydrogen (secondary N) is 1. The van der Waals surface area contributed by atoms with Crippen LogP contribution in [-0.4, -0.2) is 16.0 Å². The molecule has 4 heteroatoms. The molecule has 0 saturated heterocycles. The molecule has 0 radical (unpaired) electrons. The second-order valence-corrected chi connectivity index (χ2v) is 3.98. The van der Waals surface area contributed by atoms with Crippen LogP contribution in [0.3, 0.4) is 0 Å². The molecule has 0 atom stereocenters. The van der Waals surface area contributed by atoms with Gasteiger partial charge in [0.1, 0.15) is 11.4 Å². The molecule has 2 N–H and O–H groups in total. The van der Waals surface area contributed by atoms with Crippen LogP contribution in [0.25, 0.3) is 0 Å². The number of aromatic nitrogens is 1. The van der Waals surface area contributed by atoms with Gasteiger partial charge in [0.05, 0.1) is 0 Å². The number of para-hydroxylation sites is 1. The van der Waals surface area contributed by atoms with Crippen molar-refractivity contribution in [1.82, 2.24) is 10.3 Å². The SMILES string of the molecule is Cc1cccnc1C(=O)NCc1ccccc1O. The first-order chi connectivity index (χ1) is 8.68. The minimum Gasteiger partial charge on any atom is -0.508 e. The van der Waals surface area contributed by atoms with Crippen LogP contribution in [-0.2, 0) is 6.54 Å². The van der Waals surface area contributed by atoms with Crippen molar-refractivity contribution in [1.29, 1.82) is 0 Å². The van der Waals surface area contributed by atoms with E-state index in [1.165, 1.54) is 0 Å². The van der Waals surface area contributed by atoms with E-state index in [1.807, 2.05) is 19.1 Å². The lowest BCUT2D eigenvalue weighted by Crippen LogP contribution is -2.24. The molecule has 0 fully saturated rings. The number of hydrogen-bond donors (Lipinski definition) is 2. The van der Waals surface area contributed by atoms with Crippen molar-refractivity contribution >= 4 is 5.91 Å². The number of pyridine rings is 1. The zero-order chi connectivity index (χ0) is 13.0. The first kappa shape index (κ1) is 12.1. The molecule has 4 nitrogen and oxygen atoms in total. The fraction of sp³-hybridized carbons (Fsp3) is 0.143. The Bertz CT molecular complexity index is 567. The molecular formula is C14H14N2O2. The Morgan fingerprint density at radius 3 is 2.78 bits per heavy atom. The molecule has 0 aliphatic carbocycles. The van der Waals surface area contributed by atoms with E-state index in [4.69, 9.17) is 0 Å². The normalized spacial score (nSPS) is 10.1. The lowest BCUT2D eigenvalue weighted by Gasteiger charge is -2.07. The summed E-state index contributed by atoms with van der Waals surface area (Å²) in [4.78, 5) is 15.9. The molecule has 1 amide bonds. The molecular weight excluding hydrogens is 228 g/mol. The number of rotatable bonds is 3. The highest BCUT2D eigenvalue weighted by molar-refractivity contribution is 5.93. The van der Waals surface area contributed by atoms with Gasteiger partial charge in [0.2, 0.25) is 0 Å². The Kier molecular flexibility index (Phi) is 3.57. The average Bonchev–Trinajstić information content (AvgIpc) is 2.38. The fourth-order valence-corrected chi connectivity index (χ4v) is 1.64. The molecule has 2 rings (SSSR count). The highest BCUT2D eigenvalue weighted by atomic mass is 16.3. The summed E-state index contributed by atoms with van der Waals surface area (Å²) in [5, 5.41) is 12.3. The summed E-state index contributed by atoms with van der Waals surface area (Å²) < 4.78 is 0. The zero-order valence-corrected chi connectivity index (χ0v) is 10.1.